The third-order valence-electron chi connectivity index (χ3n) is 2.92. The van der Waals surface area contributed by atoms with Crippen molar-refractivity contribution in [2.45, 2.75) is 6.92 Å². The summed E-state index contributed by atoms with van der Waals surface area (Å²) in [4.78, 5) is 13.9. The quantitative estimate of drug-likeness (QED) is 0.773. The number of hydrogen-bond donors (Lipinski definition) is 2. The number of carbonyl (C=O) groups excluding carboxylic acids is 1. The molecule has 2 rings (SSSR count). The average molecular weight is 304 g/mol. The Labute approximate surface area is 129 Å². The van der Waals surface area contributed by atoms with E-state index in [1.54, 1.807) is 0 Å². The number of ether oxygens (including phenoxy) is 1. The van der Waals surface area contributed by atoms with Crippen LogP contribution in [-0.4, -0.2) is 32.7 Å². The first-order valence-electron chi connectivity index (χ1n) is 7.01. The van der Waals surface area contributed by atoms with Crippen LogP contribution in [0.2, 0.25) is 0 Å². The predicted molar refractivity (Wildman–Crippen MR) is 87.2 cm³/mol. The zero-order valence-corrected chi connectivity index (χ0v) is 13.1. The summed E-state index contributed by atoms with van der Waals surface area (Å²) in [5.74, 6) is 0.573. The van der Waals surface area contributed by atoms with Crippen molar-refractivity contribution in [2.24, 2.45) is 0 Å². The highest BCUT2D eigenvalue weighted by Crippen LogP contribution is 2.36. The number of rotatable bonds is 7. The first kappa shape index (κ1) is 15.5. The molecule has 4 nitrogen and oxygen atoms in total. The first-order chi connectivity index (χ1) is 10.3. The van der Waals surface area contributed by atoms with Crippen molar-refractivity contribution in [1.29, 1.82) is 0 Å². The van der Waals surface area contributed by atoms with Crippen LogP contribution in [0.15, 0.2) is 36.4 Å². The van der Waals surface area contributed by atoms with Gasteiger partial charge in [-0.1, -0.05) is 30.3 Å². The molecule has 112 valence electrons. The number of likely N-dealkylation sites (N-methyl/N-ethyl adjacent to an activating group) is 1. The van der Waals surface area contributed by atoms with Gasteiger partial charge in [0.25, 0.3) is 5.91 Å². The molecule has 1 heterocycles. The van der Waals surface area contributed by atoms with E-state index in [9.17, 15) is 4.79 Å². The Hall–Kier alpha value is -1.85. The van der Waals surface area contributed by atoms with E-state index in [0.29, 0.717) is 23.8 Å². The third-order valence-corrected chi connectivity index (χ3v) is 4.09. The van der Waals surface area contributed by atoms with Crippen molar-refractivity contribution in [1.82, 2.24) is 10.6 Å². The van der Waals surface area contributed by atoms with Crippen LogP contribution in [0, 0.1) is 0 Å². The smallest absolute Gasteiger partial charge is 0.265 e. The maximum atomic E-state index is 12.3. The van der Waals surface area contributed by atoms with Gasteiger partial charge >= 0.3 is 0 Å². The van der Waals surface area contributed by atoms with E-state index >= 15 is 0 Å². The van der Waals surface area contributed by atoms with Gasteiger partial charge < -0.3 is 15.4 Å². The summed E-state index contributed by atoms with van der Waals surface area (Å²) in [5.41, 5.74) is 1.10. The Morgan fingerprint density at radius 3 is 2.67 bits per heavy atom. The number of benzene rings is 1. The molecule has 0 atom stereocenters. The van der Waals surface area contributed by atoms with Crippen LogP contribution in [0.3, 0.4) is 0 Å². The summed E-state index contributed by atoms with van der Waals surface area (Å²) >= 11 is 1.46. The molecule has 0 aliphatic carbocycles. The van der Waals surface area contributed by atoms with E-state index in [4.69, 9.17) is 4.74 Å². The molecule has 0 saturated heterocycles. The van der Waals surface area contributed by atoms with E-state index in [1.807, 2.05) is 50.4 Å². The summed E-state index contributed by atoms with van der Waals surface area (Å²) in [6.45, 7) is 3.80. The molecule has 0 unspecified atom stereocenters. The molecule has 0 fully saturated rings. The highest BCUT2D eigenvalue weighted by molar-refractivity contribution is 7.17. The monoisotopic (exact) mass is 304 g/mol. The lowest BCUT2D eigenvalue weighted by atomic mass is 10.2. The van der Waals surface area contributed by atoms with E-state index < -0.39 is 0 Å². The highest BCUT2D eigenvalue weighted by Gasteiger charge is 2.17. The fourth-order valence-corrected chi connectivity index (χ4v) is 2.94. The predicted octanol–water partition coefficient (Wildman–Crippen LogP) is 2.76. The van der Waals surface area contributed by atoms with Crippen LogP contribution in [0.25, 0.3) is 10.4 Å². The molecule has 0 saturated carbocycles. The van der Waals surface area contributed by atoms with Gasteiger partial charge in [-0.25, -0.2) is 0 Å². The van der Waals surface area contributed by atoms with Crippen LogP contribution in [0.4, 0.5) is 0 Å². The molecular formula is C16H20N2O2S. The van der Waals surface area contributed by atoms with Crippen molar-refractivity contribution in [3.05, 3.63) is 41.3 Å². The second kappa shape index (κ2) is 7.81. The second-order valence-corrected chi connectivity index (χ2v) is 5.51. The molecule has 0 radical (unpaired) electrons. The summed E-state index contributed by atoms with van der Waals surface area (Å²) in [6.07, 6.45) is 0. The lowest BCUT2D eigenvalue weighted by molar-refractivity contribution is 0.0955. The zero-order chi connectivity index (χ0) is 15.1. The molecule has 0 spiro atoms. The van der Waals surface area contributed by atoms with Gasteiger partial charge in [0.1, 0.15) is 10.6 Å². The Morgan fingerprint density at radius 2 is 2.00 bits per heavy atom. The lowest BCUT2D eigenvalue weighted by Crippen LogP contribution is -2.30. The lowest BCUT2D eigenvalue weighted by Gasteiger charge is -2.05. The molecular weight excluding hydrogens is 284 g/mol. The molecule has 5 heteroatoms. The van der Waals surface area contributed by atoms with Gasteiger partial charge in [-0.3, -0.25) is 4.79 Å². The van der Waals surface area contributed by atoms with E-state index in [2.05, 4.69) is 10.6 Å². The Bertz CT molecular complexity index is 581. The SMILES string of the molecule is CCOc1cc(-c2ccccc2)sc1C(=O)NCCNC. The molecule has 0 aliphatic heterocycles. The summed E-state index contributed by atoms with van der Waals surface area (Å²) < 4.78 is 5.60. The minimum absolute atomic E-state index is 0.0825. The van der Waals surface area contributed by atoms with Crippen molar-refractivity contribution < 1.29 is 9.53 Å². The van der Waals surface area contributed by atoms with Crippen LogP contribution in [-0.2, 0) is 0 Å². The fourth-order valence-electron chi connectivity index (χ4n) is 1.92. The summed E-state index contributed by atoms with van der Waals surface area (Å²) in [5, 5.41) is 5.90. The maximum Gasteiger partial charge on any atom is 0.265 e. The van der Waals surface area contributed by atoms with Crippen LogP contribution in [0.1, 0.15) is 16.6 Å². The number of amides is 1. The average Bonchev–Trinajstić information content (AvgIpc) is 2.93. The van der Waals surface area contributed by atoms with E-state index in [1.165, 1.54) is 11.3 Å². The number of thiophene rings is 1. The molecule has 0 bridgehead atoms. The Morgan fingerprint density at radius 1 is 1.24 bits per heavy atom. The first-order valence-corrected chi connectivity index (χ1v) is 7.82. The minimum Gasteiger partial charge on any atom is -0.492 e. The van der Waals surface area contributed by atoms with Crippen LogP contribution >= 0.6 is 11.3 Å². The van der Waals surface area contributed by atoms with Gasteiger partial charge in [0.05, 0.1) is 6.61 Å². The van der Waals surface area contributed by atoms with Crippen molar-refractivity contribution in [3.63, 3.8) is 0 Å². The van der Waals surface area contributed by atoms with Crippen LogP contribution in [0.5, 0.6) is 5.75 Å². The molecule has 1 amide bonds. The molecule has 21 heavy (non-hydrogen) atoms. The zero-order valence-electron chi connectivity index (χ0n) is 12.3. The van der Waals surface area contributed by atoms with Crippen LogP contribution < -0.4 is 15.4 Å². The summed E-state index contributed by atoms with van der Waals surface area (Å²) in [6, 6.07) is 12.0. The molecule has 1 aromatic heterocycles. The van der Waals surface area contributed by atoms with Crippen molar-refractivity contribution in [3.8, 4) is 16.2 Å². The number of nitrogens with one attached hydrogen (secondary N) is 2. The van der Waals surface area contributed by atoms with Gasteiger partial charge in [0.2, 0.25) is 0 Å². The topological polar surface area (TPSA) is 50.4 Å². The van der Waals surface area contributed by atoms with Gasteiger partial charge in [0, 0.05) is 18.0 Å². The molecule has 0 aliphatic rings. The van der Waals surface area contributed by atoms with E-state index in [0.717, 1.165) is 17.0 Å². The van der Waals surface area contributed by atoms with Gasteiger partial charge in [-0.15, -0.1) is 11.3 Å². The normalized spacial score (nSPS) is 10.4. The summed E-state index contributed by atoms with van der Waals surface area (Å²) in [7, 11) is 1.86. The maximum absolute atomic E-state index is 12.3. The largest absolute Gasteiger partial charge is 0.492 e. The Kier molecular flexibility index (Phi) is 5.78. The van der Waals surface area contributed by atoms with Crippen molar-refractivity contribution >= 4 is 17.2 Å². The Balaban J connectivity index is 2.23. The minimum atomic E-state index is -0.0825. The molecule has 1 aromatic carbocycles. The standard InChI is InChI=1S/C16H20N2O2S/c1-3-20-13-11-14(12-7-5-4-6-8-12)21-15(13)16(19)18-10-9-17-2/h4-8,11,17H,3,9-10H2,1-2H3,(H,18,19). The number of hydrogen-bond acceptors (Lipinski definition) is 4. The van der Waals surface area contributed by atoms with Crippen molar-refractivity contribution in [2.75, 3.05) is 26.7 Å². The van der Waals surface area contributed by atoms with Gasteiger partial charge in [-0.2, -0.15) is 0 Å². The highest BCUT2D eigenvalue weighted by atomic mass is 32.1. The molecule has 2 N–H and O–H groups in total. The second-order valence-electron chi connectivity index (χ2n) is 4.46. The van der Waals surface area contributed by atoms with Gasteiger partial charge in [0.15, 0.2) is 0 Å². The number of carbonyl (C=O) groups is 1. The van der Waals surface area contributed by atoms with Gasteiger partial charge in [-0.05, 0) is 25.6 Å². The molecule has 2 aromatic rings. The van der Waals surface area contributed by atoms with E-state index in [-0.39, 0.29) is 5.91 Å². The third kappa shape index (κ3) is 4.06. The fraction of sp³-hybridized carbons (Fsp3) is 0.312.